The summed E-state index contributed by atoms with van der Waals surface area (Å²) in [6.45, 7) is 5.59. The smallest absolute Gasteiger partial charge is 0.221 e. The van der Waals surface area contributed by atoms with E-state index < -0.39 is 0 Å². The van der Waals surface area contributed by atoms with E-state index in [2.05, 4.69) is 46.8 Å². The fourth-order valence-electron chi connectivity index (χ4n) is 2.10. The van der Waals surface area contributed by atoms with Crippen LogP contribution in [0.25, 0.3) is 10.9 Å². The molecule has 0 saturated heterocycles. The number of fused-ring (bicyclic) bond motifs is 1. The normalized spacial score (nSPS) is 12.5. The van der Waals surface area contributed by atoms with Gasteiger partial charge in [-0.25, -0.2) is 0 Å². The molecule has 2 aromatic rings. The molecule has 3 N–H and O–H groups in total. The highest BCUT2D eigenvalue weighted by molar-refractivity contribution is 5.79. The highest BCUT2D eigenvalue weighted by atomic mass is 16.1. The van der Waals surface area contributed by atoms with Crippen molar-refractivity contribution in [3.63, 3.8) is 0 Å². The molecule has 0 aliphatic rings. The molecule has 1 aromatic heterocycles. The molecule has 0 aliphatic carbocycles. The van der Waals surface area contributed by atoms with Crippen molar-refractivity contribution in [2.45, 2.75) is 39.3 Å². The minimum Gasteiger partial charge on any atom is -0.361 e. The van der Waals surface area contributed by atoms with Crippen LogP contribution in [-0.2, 0) is 11.3 Å². The largest absolute Gasteiger partial charge is 0.361 e. The van der Waals surface area contributed by atoms with Crippen LogP contribution in [0, 0.1) is 0 Å². The number of hydrogen-bond acceptors (Lipinski definition) is 2. The van der Waals surface area contributed by atoms with Crippen LogP contribution in [0.2, 0.25) is 0 Å². The summed E-state index contributed by atoms with van der Waals surface area (Å²) >= 11 is 0. The molecule has 4 heteroatoms. The fourth-order valence-corrected chi connectivity index (χ4v) is 2.10. The standard InChI is InChI=1S/C16H23N3O/c1-3-12(2)19-16(20)7-8-17-11-13-4-5-15-14(10-13)6-9-18-15/h4-6,9-10,12,17-18H,3,7-8,11H2,1-2H3,(H,19,20). The summed E-state index contributed by atoms with van der Waals surface area (Å²) in [4.78, 5) is 14.8. The molecule has 0 saturated carbocycles. The van der Waals surface area contributed by atoms with Crippen LogP contribution in [0.5, 0.6) is 0 Å². The first-order chi connectivity index (χ1) is 9.69. The van der Waals surface area contributed by atoms with E-state index in [1.807, 2.05) is 13.1 Å². The summed E-state index contributed by atoms with van der Waals surface area (Å²) in [5, 5.41) is 7.50. The number of carbonyl (C=O) groups is 1. The Balaban J connectivity index is 1.71. The van der Waals surface area contributed by atoms with E-state index in [4.69, 9.17) is 0 Å². The van der Waals surface area contributed by atoms with E-state index in [9.17, 15) is 4.79 Å². The Kier molecular flexibility index (Phi) is 5.18. The third kappa shape index (κ3) is 4.10. The van der Waals surface area contributed by atoms with Crippen LogP contribution < -0.4 is 10.6 Å². The molecule has 0 radical (unpaired) electrons. The zero-order chi connectivity index (χ0) is 14.4. The third-order valence-corrected chi connectivity index (χ3v) is 3.50. The molecular weight excluding hydrogens is 250 g/mol. The van der Waals surface area contributed by atoms with Crippen LogP contribution in [0.15, 0.2) is 30.5 Å². The Hall–Kier alpha value is -1.81. The summed E-state index contributed by atoms with van der Waals surface area (Å²) in [6, 6.07) is 8.68. The van der Waals surface area contributed by atoms with Gasteiger partial charge in [0.25, 0.3) is 0 Å². The highest BCUT2D eigenvalue weighted by Gasteiger charge is 2.04. The molecule has 4 nitrogen and oxygen atoms in total. The number of aromatic amines is 1. The number of rotatable bonds is 7. The van der Waals surface area contributed by atoms with E-state index in [0.29, 0.717) is 13.0 Å². The van der Waals surface area contributed by atoms with Gasteiger partial charge in [-0.3, -0.25) is 4.79 Å². The van der Waals surface area contributed by atoms with Crippen molar-refractivity contribution in [3.8, 4) is 0 Å². The van der Waals surface area contributed by atoms with Gasteiger partial charge in [0, 0.05) is 37.3 Å². The van der Waals surface area contributed by atoms with Crippen molar-refractivity contribution in [2.75, 3.05) is 6.54 Å². The summed E-state index contributed by atoms with van der Waals surface area (Å²) in [5.41, 5.74) is 2.39. The van der Waals surface area contributed by atoms with E-state index in [1.165, 1.54) is 10.9 Å². The summed E-state index contributed by atoms with van der Waals surface area (Å²) in [5.74, 6) is 0.118. The minimum absolute atomic E-state index is 0.118. The zero-order valence-electron chi connectivity index (χ0n) is 12.2. The second kappa shape index (κ2) is 7.10. The number of hydrogen-bond donors (Lipinski definition) is 3. The second-order valence-electron chi connectivity index (χ2n) is 5.20. The average molecular weight is 273 g/mol. The van der Waals surface area contributed by atoms with Crippen LogP contribution in [0.3, 0.4) is 0 Å². The quantitative estimate of drug-likeness (QED) is 0.679. The maximum atomic E-state index is 11.6. The Morgan fingerprint density at radius 1 is 1.35 bits per heavy atom. The van der Waals surface area contributed by atoms with E-state index in [0.717, 1.165) is 18.5 Å². The predicted octanol–water partition coefficient (Wildman–Crippen LogP) is 2.56. The molecule has 2 rings (SSSR count). The van der Waals surface area contributed by atoms with Gasteiger partial charge in [-0.05, 0) is 42.5 Å². The predicted molar refractivity (Wildman–Crippen MR) is 82.5 cm³/mol. The van der Waals surface area contributed by atoms with Gasteiger partial charge >= 0.3 is 0 Å². The molecule has 1 atom stereocenters. The van der Waals surface area contributed by atoms with E-state index in [-0.39, 0.29) is 11.9 Å². The fraction of sp³-hybridized carbons (Fsp3) is 0.438. The molecule has 1 heterocycles. The maximum absolute atomic E-state index is 11.6. The van der Waals surface area contributed by atoms with Crippen LogP contribution in [-0.4, -0.2) is 23.5 Å². The van der Waals surface area contributed by atoms with Gasteiger partial charge in [-0.1, -0.05) is 13.0 Å². The maximum Gasteiger partial charge on any atom is 0.221 e. The Morgan fingerprint density at radius 3 is 3.00 bits per heavy atom. The van der Waals surface area contributed by atoms with Crippen LogP contribution in [0.1, 0.15) is 32.3 Å². The first kappa shape index (κ1) is 14.6. The lowest BCUT2D eigenvalue weighted by atomic mass is 10.1. The van der Waals surface area contributed by atoms with Crippen LogP contribution >= 0.6 is 0 Å². The van der Waals surface area contributed by atoms with Gasteiger partial charge in [0.2, 0.25) is 5.91 Å². The molecule has 0 spiro atoms. The number of amides is 1. The summed E-state index contributed by atoms with van der Waals surface area (Å²) < 4.78 is 0. The van der Waals surface area contributed by atoms with Gasteiger partial charge < -0.3 is 15.6 Å². The van der Waals surface area contributed by atoms with Crippen molar-refractivity contribution in [1.29, 1.82) is 0 Å². The summed E-state index contributed by atoms with van der Waals surface area (Å²) in [6.07, 6.45) is 3.44. The first-order valence-electron chi connectivity index (χ1n) is 7.25. The van der Waals surface area contributed by atoms with Crippen molar-refractivity contribution in [1.82, 2.24) is 15.6 Å². The van der Waals surface area contributed by atoms with Gasteiger partial charge in [0.1, 0.15) is 0 Å². The highest BCUT2D eigenvalue weighted by Crippen LogP contribution is 2.13. The van der Waals surface area contributed by atoms with Crippen molar-refractivity contribution < 1.29 is 4.79 Å². The third-order valence-electron chi connectivity index (χ3n) is 3.50. The molecule has 0 bridgehead atoms. The lowest BCUT2D eigenvalue weighted by molar-refractivity contribution is -0.121. The van der Waals surface area contributed by atoms with E-state index >= 15 is 0 Å². The SMILES string of the molecule is CCC(C)NC(=O)CCNCc1ccc2[nH]ccc2c1. The monoisotopic (exact) mass is 273 g/mol. The number of aromatic nitrogens is 1. The van der Waals surface area contributed by atoms with Crippen molar-refractivity contribution >= 4 is 16.8 Å². The molecule has 0 aliphatic heterocycles. The molecule has 20 heavy (non-hydrogen) atoms. The van der Waals surface area contributed by atoms with Gasteiger partial charge in [0.05, 0.1) is 0 Å². The van der Waals surface area contributed by atoms with Gasteiger partial charge in [0.15, 0.2) is 0 Å². The molecule has 1 aromatic carbocycles. The lowest BCUT2D eigenvalue weighted by Crippen LogP contribution is -2.33. The Bertz CT molecular complexity index is 562. The number of benzene rings is 1. The first-order valence-corrected chi connectivity index (χ1v) is 7.25. The Labute approximate surface area is 120 Å². The zero-order valence-corrected chi connectivity index (χ0v) is 12.2. The average Bonchev–Trinajstić information content (AvgIpc) is 2.91. The Morgan fingerprint density at radius 2 is 2.20 bits per heavy atom. The molecular formula is C16H23N3O. The minimum atomic E-state index is 0.118. The van der Waals surface area contributed by atoms with E-state index in [1.54, 1.807) is 0 Å². The topological polar surface area (TPSA) is 56.9 Å². The lowest BCUT2D eigenvalue weighted by Gasteiger charge is -2.11. The second-order valence-corrected chi connectivity index (χ2v) is 5.20. The van der Waals surface area contributed by atoms with Gasteiger partial charge in [-0.2, -0.15) is 0 Å². The number of carbonyl (C=O) groups excluding carboxylic acids is 1. The van der Waals surface area contributed by atoms with Crippen molar-refractivity contribution in [2.24, 2.45) is 0 Å². The number of nitrogens with one attached hydrogen (secondary N) is 3. The van der Waals surface area contributed by atoms with Crippen molar-refractivity contribution in [3.05, 3.63) is 36.0 Å². The van der Waals surface area contributed by atoms with Crippen LogP contribution in [0.4, 0.5) is 0 Å². The summed E-state index contributed by atoms with van der Waals surface area (Å²) in [7, 11) is 0. The molecule has 108 valence electrons. The molecule has 1 unspecified atom stereocenters. The number of H-pyrrole nitrogens is 1. The van der Waals surface area contributed by atoms with Gasteiger partial charge in [-0.15, -0.1) is 0 Å². The molecule has 0 fully saturated rings. The molecule has 1 amide bonds.